The molecular formula is C23H30N6O2S. The van der Waals surface area contributed by atoms with Crippen molar-refractivity contribution in [3.63, 3.8) is 0 Å². The molecule has 2 aromatic heterocycles. The Labute approximate surface area is 192 Å². The van der Waals surface area contributed by atoms with Crippen LogP contribution in [0.25, 0.3) is 22.2 Å². The first kappa shape index (κ1) is 22.4. The maximum Gasteiger partial charge on any atom is 0.407 e. The number of carbonyl (C=O) groups is 1. The van der Waals surface area contributed by atoms with Gasteiger partial charge in [-0.25, -0.2) is 9.78 Å². The van der Waals surface area contributed by atoms with Crippen molar-refractivity contribution in [1.82, 2.24) is 25.0 Å². The van der Waals surface area contributed by atoms with Gasteiger partial charge in [0.2, 0.25) is 0 Å². The van der Waals surface area contributed by atoms with E-state index in [9.17, 15) is 4.79 Å². The van der Waals surface area contributed by atoms with E-state index in [0.29, 0.717) is 13.1 Å². The summed E-state index contributed by atoms with van der Waals surface area (Å²) in [6.45, 7) is 8.32. The van der Waals surface area contributed by atoms with Gasteiger partial charge in [0, 0.05) is 47.4 Å². The third-order valence-corrected chi connectivity index (χ3v) is 6.11. The molecule has 1 aromatic carbocycles. The number of benzene rings is 1. The Bertz CT molecular complexity index is 1140. The molecule has 2 N–H and O–H groups in total. The number of ether oxygens (including phenoxy) is 1. The van der Waals surface area contributed by atoms with Crippen molar-refractivity contribution in [1.29, 1.82) is 0 Å². The van der Waals surface area contributed by atoms with E-state index in [1.807, 2.05) is 33.0 Å². The number of amides is 1. The second kappa shape index (κ2) is 8.99. The van der Waals surface area contributed by atoms with Crippen molar-refractivity contribution in [3.8, 4) is 11.3 Å². The van der Waals surface area contributed by atoms with Gasteiger partial charge < -0.3 is 20.3 Å². The molecule has 0 aliphatic carbocycles. The molecule has 0 saturated carbocycles. The minimum absolute atomic E-state index is 0.409. The van der Waals surface area contributed by atoms with Crippen molar-refractivity contribution in [3.05, 3.63) is 30.5 Å². The molecule has 170 valence electrons. The molecule has 0 radical (unpaired) electrons. The van der Waals surface area contributed by atoms with Crippen LogP contribution in [0.5, 0.6) is 0 Å². The van der Waals surface area contributed by atoms with Gasteiger partial charge in [0.1, 0.15) is 16.3 Å². The maximum absolute atomic E-state index is 11.9. The zero-order chi connectivity index (χ0) is 22.9. The average molecular weight is 455 g/mol. The number of alkyl carbamates (subject to hydrolysis) is 1. The summed E-state index contributed by atoms with van der Waals surface area (Å²) in [5.74, 6) is 0. The Morgan fingerprint density at radius 3 is 2.78 bits per heavy atom. The molecule has 32 heavy (non-hydrogen) atoms. The lowest BCUT2D eigenvalue weighted by Gasteiger charge is -2.20. The first-order chi connectivity index (χ1) is 15.2. The minimum atomic E-state index is -0.507. The van der Waals surface area contributed by atoms with E-state index >= 15 is 0 Å². The number of rotatable bonds is 7. The molecule has 3 heterocycles. The van der Waals surface area contributed by atoms with Gasteiger partial charge in [0.05, 0.1) is 12.1 Å². The third-order valence-electron chi connectivity index (χ3n) is 4.96. The Kier molecular flexibility index (Phi) is 6.30. The number of anilines is 1. The number of aromatic nitrogens is 3. The quantitative estimate of drug-likeness (QED) is 0.407. The molecule has 0 atom stereocenters. The molecule has 1 aliphatic heterocycles. The van der Waals surface area contributed by atoms with E-state index in [4.69, 9.17) is 9.84 Å². The number of hydrogen-bond acceptors (Lipinski definition) is 7. The summed E-state index contributed by atoms with van der Waals surface area (Å²) in [6.07, 6.45) is 1.41. The highest BCUT2D eigenvalue weighted by Gasteiger charge is 2.26. The van der Waals surface area contributed by atoms with Crippen LogP contribution < -0.4 is 10.6 Å². The predicted octanol–water partition coefficient (Wildman–Crippen LogP) is 4.06. The normalized spacial score (nSPS) is 12.7. The highest BCUT2D eigenvalue weighted by molar-refractivity contribution is 7.99. The van der Waals surface area contributed by atoms with Crippen molar-refractivity contribution >= 4 is 34.4 Å². The number of carbonyl (C=O) groups excluding carboxylic acids is 1. The van der Waals surface area contributed by atoms with E-state index in [2.05, 4.69) is 57.5 Å². The Morgan fingerprint density at radius 2 is 2.03 bits per heavy atom. The molecule has 0 unspecified atom stereocenters. The van der Waals surface area contributed by atoms with Gasteiger partial charge in [0.15, 0.2) is 0 Å². The maximum atomic E-state index is 11.9. The first-order valence-electron chi connectivity index (χ1n) is 10.7. The predicted molar refractivity (Wildman–Crippen MR) is 128 cm³/mol. The number of fused-ring (bicyclic) bond motifs is 2. The highest BCUT2D eigenvalue weighted by Crippen LogP contribution is 2.49. The summed E-state index contributed by atoms with van der Waals surface area (Å²) in [5, 5.41) is 13.3. The Balaban J connectivity index is 1.57. The van der Waals surface area contributed by atoms with Crippen LogP contribution in [0.15, 0.2) is 40.4 Å². The van der Waals surface area contributed by atoms with Gasteiger partial charge in [-0.15, -0.1) is 0 Å². The molecule has 8 nitrogen and oxygen atoms in total. The lowest BCUT2D eigenvalue weighted by molar-refractivity contribution is 0.0530. The van der Waals surface area contributed by atoms with Crippen molar-refractivity contribution in [2.24, 2.45) is 0 Å². The van der Waals surface area contributed by atoms with Gasteiger partial charge in [-0.3, -0.25) is 4.68 Å². The Morgan fingerprint density at radius 1 is 1.22 bits per heavy atom. The van der Waals surface area contributed by atoms with Crippen LogP contribution in [0, 0.1) is 0 Å². The van der Waals surface area contributed by atoms with Crippen LogP contribution in [0.1, 0.15) is 20.8 Å². The summed E-state index contributed by atoms with van der Waals surface area (Å²) in [6, 6.07) is 8.25. The largest absolute Gasteiger partial charge is 0.444 e. The molecule has 0 fully saturated rings. The monoisotopic (exact) mass is 454 g/mol. The van der Waals surface area contributed by atoms with E-state index in [0.717, 1.165) is 50.9 Å². The van der Waals surface area contributed by atoms with Crippen molar-refractivity contribution in [2.75, 3.05) is 39.0 Å². The minimum Gasteiger partial charge on any atom is -0.444 e. The zero-order valence-corrected chi connectivity index (χ0v) is 20.0. The first-order valence-corrected chi connectivity index (χ1v) is 11.6. The summed E-state index contributed by atoms with van der Waals surface area (Å²) >= 11 is 1.66. The second-order valence-corrected chi connectivity index (χ2v) is 10.0. The topological polar surface area (TPSA) is 84.3 Å². The zero-order valence-electron chi connectivity index (χ0n) is 19.2. The summed E-state index contributed by atoms with van der Waals surface area (Å²) in [5.41, 5.74) is 3.68. The van der Waals surface area contributed by atoms with Crippen LogP contribution in [-0.2, 0) is 11.3 Å². The van der Waals surface area contributed by atoms with E-state index < -0.39 is 11.7 Å². The lowest BCUT2D eigenvalue weighted by Crippen LogP contribution is -2.35. The SMILES string of the molecule is CN(C)CCn1nc2c3c(c(NCCNC(=O)OC(C)(C)C)ccc31)Sc1ncccc1-2. The lowest BCUT2D eigenvalue weighted by atomic mass is 10.1. The molecule has 9 heteroatoms. The number of pyridine rings is 1. The van der Waals surface area contributed by atoms with Gasteiger partial charge in [-0.05, 0) is 59.1 Å². The highest BCUT2D eigenvalue weighted by atomic mass is 32.2. The van der Waals surface area contributed by atoms with E-state index in [1.54, 1.807) is 11.8 Å². The van der Waals surface area contributed by atoms with Gasteiger partial charge in [-0.1, -0.05) is 11.8 Å². The number of hydrogen-bond donors (Lipinski definition) is 2. The van der Waals surface area contributed by atoms with E-state index in [1.165, 1.54) is 0 Å². The fourth-order valence-electron chi connectivity index (χ4n) is 3.56. The molecule has 0 saturated heterocycles. The molecule has 4 rings (SSSR count). The Hall–Kier alpha value is -2.78. The smallest absolute Gasteiger partial charge is 0.407 e. The van der Waals surface area contributed by atoms with Crippen molar-refractivity contribution < 1.29 is 9.53 Å². The van der Waals surface area contributed by atoms with Crippen LogP contribution in [0.3, 0.4) is 0 Å². The summed E-state index contributed by atoms with van der Waals surface area (Å²) in [7, 11) is 4.14. The fraction of sp³-hybridized carbons (Fsp3) is 0.435. The van der Waals surface area contributed by atoms with Crippen LogP contribution in [0.4, 0.5) is 10.5 Å². The van der Waals surface area contributed by atoms with Gasteiger partial charge in [-0.2, -0.15) is 5.10 Å². The number of nitrogens with zero attached hydrogens (tertiary/aromatic N) is 4. The fourth-order valence-corrected chi connectivity index (χ4v) is 4.70. The van der Waals surface area contributed by atoms with E-state index in [-0.39, 0.29) is 0 Å². The molecule has 1 amide bonds. The third kappa shape index (κ3) is 4.83. The number of likely N-dealkylation sites (N-methyl/N-ethyl adjacent to an activating group) is 1. The number of nitrogens with one attached hydrogen (secondary N) is 2. The molecular weight excluding hydrogens is 424 g/mol. The molecule has 3 aromatic rings. The standard InChI is InChI=1S/C23H30N6O2S/c1-23(2,3)31-22(30)26-12-11-24-16-8-9-17-18-19(27-29(17)14-13-28(4)5)15-7-6-10-25-21(15)32-20(16)18/h6-10,24H,11-14H2,1-5H3,(H,26,30). The van der Waals surface area contributed by atoms with Crippen LogP contribution in [-0.4, -0.2) is 65.1 Å². The molecule has 0 bridgehead atoms. The molecule has 1 aliphatic rings. The second-order valence-electron chi connectivity index (χ2n) is 9.03. The van der Waals surface area contributed by atoms with Gasteiger partial charge in [0.25, 0.3) is 0 Å². The van der Waals surface area contributed by atoms with Crippen molar-refractivity contribution in [2.45, 2.75) is 42.8 Å². The average Bonchev–Trinajstić information content (AvgIpc) is 3.09. The van der Waals surface area contributed by atoms with Gasteiger partial charge >= 0.3 is 6.09 Å². The summed E-state index contributed by atoms with van der Waals surface area (Å²) in [4.78, 5) is 19.8. The van der Waals surface area contributed by atoms with Crippen LogP contribution >= 0.6 is 11.8 Å². The summed E-state index contributed by atoms with van der Waals surface area (Å²) < 4.78 is 7.38. The van der Waals surface area contributed by atoms with Crippen LogP contribution in [0.2, 0.25) is 0 Å². The molecule has 0 spiro atoms.